The number of likely N-dealkylation sites (tertiary alicyclic amines) is 1. The lowest BCUT2D eigenvalue weighted by Crippen LogP contribution is -2.38. The van der Waals surface area contributed by atoms with Gasteiger partial charge in [-0.15, -0.1) is 0 Å². The molecule has 0 bridgehead atoms. The Labute approximate surface area is 130 Å². The van der Waals surface area contributed by atoms with E-state index in [0.29, 0.717) is 29.7 Å². The molecule has 4 atom stereocenters. The van der Waals surface area contributed by atoms with Crippen molar-refractivity contribution >= 4 is 11.7 Å². The Hall–Kier alpha value is -1.65. The molecule has 3 aliphatic rings. The molecule has 1 amide bonds. The number of hydrogen-bond acceptors (Lipinski definition) is 3. The van der Waals surface area contributed by atoms with E-state index in [1.54, 1.807) is 17.1 Å². The first-order chi connectivity index (χ1) is 10.6. The molecule has 5 heteroatoms. The number of carbonyl (C=O) groups excluding carboxylic acids is 2. The maximum absolute atomic E-state index is 12.8. The standard InChI is InChI=1S/C17H23N3O2/c1-19-10-11(9-18-19)15(21)8-12-4-3-7-20(12)17(22)16-13-5-2-6-14(13)16/h9-10,12-14,16H,2-8H2,1H3/t12-,13-,14+,16?/m1/s1. The molecule has 2 heterocycles. The van der Waals surface area contributed by atoms with Gasteiger partial charge in [0.1, 0.15) is 0 Å². The molecule has 3 fully saturated rings. The predicted octanol–water partition coefficient (Wildman–Crippen LogP) is 2.03. The Morgan fingerprint density at radius 2 is 2.00 bits per heavy atom. The van der Waals surface area contributed by atoms with Crippen molar-refractivity contribution in [2.75, 3.05) is 6.54 Å². The van der Waals surface area contributed by atoms with Crippen molar-refractivity contribution < 1.29 is 9.59 Å². The third kappa shape index (κ3) is 2.27. The lowest BCUT2D eigenvalue weighted by Gasteiger charge is -2.25. The van der Waals surface area contributed by atoms with Crippen LogP contribution in [0.15, 0.2) is 12.4 Å². The molecule has 1 saturated heterocycles. The van der Waals surface area contributed by atoms with E-state index in [2.05, 4.69) is 5.10 Å². The van der Waals surface area contributed by atoms with E-state index in [0.717, 1.165) is 19.4 Å². The number of fused-ring (bicyclic) bond motifs is 1. The van der Waals surface area contributed by atoms with Gasteiger partial charge in [0.2, 0.25) is 5.91 Å². The van der Waals surface area contributed by atoms with Crippen LogP contribution in [0.5, 0.6) is 0 Å². The van der Waals surface area contributed by atoms with Crippen molar-refractivity contribution in [3.8, 4) is 0 Å². The summed E-state index contributed by atoms with van der Waals surface area (Å²) in [6.07, 6.45) is 9.56. The monoisotopic (exact) mass is 301 g/mol. The van der Waals surface area contributed by atoms with Gasteiger partial charge in [-0.2, -0.15) is 5.10 Å². The molecule has 0 radical (unpaired) electrons. The summed E-state index contributed by atoms with van der Waals surface area (Å²) in [5.74, 6) is 2.03. The number of rotatable bonds is 4. The number of aryl methyl sites for hydroxylation is 1. The number of aromatic nitrogens is 2. The van der Waals surface area contributed by atoms with Crippen LogP contribution in [0.1, 0.15) is 48.9 Å². The summed E-state index contributed by atoms with van der Waals surface area (Å²) in [5.41, 5.74) is 0.657. The summed E-state index contributed by atoms with van der Waals surface area (Å²) in [5, 5.41) is 4.06. The van der Waals surface area contributed by atoms with Crippen LogP contribution in [0.25, 0.3) is 0 Å². The van der Waals surface area contributed by atoms with Gasteiger partial charge in [-0.1, -0.05) is 6.42 Å². The van der Waals surface area contributed by atoms with Gasteiger partial charge in [-0.3, -0.25) is 14.3 Å². The number of amides is 1. The molecular formula is C17H23N3O2. The Morgan fingerprint density at radius 3 is 2.68 bits per heavy atom. The highest BCUT2D eigenvalue weighted by Gasteiger charge is 2.58. The zero-order valence-electron chi connectivity index (χ0n) is 13.1. The fourth-order valence-electron chi connectivity index (χ4n) is 4.61. The highest BCUT2D eigenvalue weighted by Crippen LogP contribution is 2.58. The van der Waals surface area contributed by atoms with Crippen LogP contribution in [-0.4, -0.2) is 39.0 Å². The topological polar surface area (TPSA) is 55.2 Å². The zero-order chi connectivity index (χ0) is 15.3. The lowest BCUT2D eigenvalue weighted by molar-refractivity contribution is -0.134. The number of Topliss-reactive ketones (excluding diaryl/α,β-unsaturated/α-hetero) is 1. The third-order valence-electron chi connectivity index (χ3n) is 5.80. The second kappa shape index (κ2) is 5.21. The second-order valence-electron chi connectivity index (χ2n) is 7.14. The van der Waals surface area contributed by atoms with E-state index in [-0.39, 0.29) is 17.7 Å². The van der Waals surface area contributed by atoms with Gasteiger partial charge >= 0.3 is 0 Å². The minimum Gasteiger partial charge on any atom is -0.339 e. The fraction of sp³-hybridized carbons (Fsp3) is 0.706. The largest absolute Gasteiger partial charge is 0.339 e. The van der Waals surface area contributed by atoms with Crippen LogP contribution < -0.4 is 0 Å². The second-order valence-corrected chi connectivity index (χ2v) is 7.14. The molecule has 118 valence electrons. The highest BCUT2D eigenvalue weighted by atomic mass is 16.2. The smallest absolute Gasteiger partial charge is 0.226 e. The van der Waals surface area contributed by atoms with Crippen LogP contribution in [0.2, 0.25) is 0 Å². The van der Waals surface area contributed by atoms with Crippen LogP contribution in [0.4, 0.5) is 0 Å². The Morgan fingerprint density at radius 1 is 1.23 bits per heavy atom. The van der Waals surface area contributed by atoms with Crippen LogP contribution >= 0.6 is 0 Å². The number of nitrogens with zero attached hydrogens (tertiary/aromatic N) is 3. The molecule has 0 aromatic carbocycles. The van der Waals surface area contributed by atoms with Crippen molar-refractivity contribution in [1.29, 1.82) is 0 Å². The van der Waals surface area contributed by atoms with Gasteiger partial charge in [0.25, 0.3) is 0 Å². The molecule has 0 spiro atoms. The van der Waals surface area contributed by atoms with Crippen molar-refractivity contribution in [3.05, 3.63) is 18.0 Å². The number of ketones is 1. The van der Waals surface area contributed by atoms with Crippen molar-refractivity contribution in [1.82, 2.24) is 14.7 Å². The molecular weight excluding hydrogens is 278 g/mol. The van der Waals surface area contributed by atoms with Gasteiger partial charge < -0.3 is 4.90 Å². The number of carbonyl (C=O) groups is 2. The molecule has 1 unspecified atom stereocenters. The Bertz CT molecular complexity index is 599. The summed E-state index contributed by atoms with van der Waals surface area (Å²) in [6, 6.07) is 0.0986. The van der Waals surface area contributed by atoms with Gasteiger partial charge in [-0.05, 0) is 37.5 Å². The van der Waals surface area contributed by atoms with Crippen molar-refractivity contribution in [2.24, 2.45) is 24.8 Å². The van der Waals surface area contributed by atoms with Crippen molar-refractivity contribution in [2.45, 2.75) is 44.6 Å². The van der Waals surface area contributed by atoms with E-state index in [4.69, 9.17) is 0 Å². The van der Waals surface area contributed by atoms with E-state index in [9.17, 15) is 9.59 Å². The summed E-state index contributed by atoms with van der Waals surface area (Å²) < 4.78 is 1.65. The fourth-order valence-corrected chi connectivity index (χ4v) is 4.61. The quantitative estimate of drug-likeness (QED) is 0.800. The normalized spacial score (nSPS) is 33.0. The third-order valence-corrected chi connectivity index (χ3v) is 5.80. The SMILES string of the molecule is Cn1cc(C(=O)C[C@H]2CCCN2C(=O)C2[C@H]3CCC[C@@H]23)cn1. The summed E-state index contributed by atoms with van der Waals surface area (Å²) in [7, 11) is 1.81. The van der Waals surface area contributed by atoms with E-state index in [1.807, 2.05) is 11.9 Å². The van der Waals surface area contributed by atoms with Crippen molar-refractivity contribution in [3.63, 3.8) is 0 Å². The molecule has 0 N–H and O–H groups in total. The molecule has 1 aliphatic heterocycles. The van der Waals surface area contributed by atoms with Gasteiger partial charge in [0.05, 0.1) is 11.8 Å². The molecule has 5 nitrogen and oxygen atoms in total. The Kier molecular flexibility index (Phi) is 3.31. The minimum atomic E-state index is 0.0986. The molecule has 1 aromatic heterocycles. The summed E-state index contributed by atoms with van der Waals surface area (Å²) in [4.78, 5) is 27.1. The van der Waals surface area contributed by atoms with E-state index >= 15 is 0 Å². The first-order valence-corrected chi connectivity index (χ1v) is 8.47. The van der Waals surface area contributed by atoms with Crippen LogP contribution in [-0.2, 0) is 11.8 Å². The first kappa shape index (κ1) is 14.0. The van der Waals surface area contributed by atoms with Gasteiger partial charge in [0, 0.05) is 38.2 Å². The average molecular weight is 301 g/mol. The molecule has 4 rings (SSSR count). The lowest BCUT2D eigenvalue weighted by atomic mass is 10.0. The van der Waals surface area contributed by atoms with Crippen LogP contribution in [0.3, 0.4) is 0 Å². The van der Waals surface area contributed by atoms with Gasteiger partial charge in [0.15, 0.2) is 5.78 Å². The first-order valence-electron chi connectivity index (χ1n) is 8.47. The Balaban J connectivity index is 1.41. The summed E-state index contributed by atoms with van der Waals surface area (Å²) in [6.45, 7) is 0.833. The maximum Gasteiger partial charge on any atom is 0.226 e. The predicted molar refractivity (Wildman–Crippen MR) is 81.2 cm³/mol. The maximum atomic E-state index is 12.8. The van der Waals surface area contributed by atoms with E-state index in [1.165, 1.54) is 19.3 Å². The minimum absolute atomic E-state index is 0.0986. The molecule has 2 saturated carbocycles. The molecule has 2 aliphatic carbocycles. The number of hydrogen-bond donors (Lipinski definition) is 0. The molecule has 22 heavy (non-hydrogen) atoms. The van der Waals surface area contributed by atoms with Crippen LogP contribution in [0, 0.1) is 17.8 Å². The van der Waals surface area contributed by atoms with E-state index < -0.39 is 0 Å². The van der Waals surface area contributed by atoms with Gasteiger partial charge in [-0.25, -0.2) is 0 Å². The highest BCUT2D eigenvalue weighted by molar-refractivity contribution is 5.96. The molecule has 1 aromatic rings. The average Bonchev–Trinajstić information content (AvgIpc) is 2.97. The summed E-state index contributed by atoms with van der Waals surface area (Å²) >= 11 is 0. The zero-order valence-corrected chi connectivity index (χ0v) is 13.1.